The van der Waals surface area contributed by atoms with E-state index in [1.807, 2.05) is 6.07 Å². The van der Waals surface area contributed by atoms with Crippen molar-refractivity contribution in [1.29, 1.82) is 0 Å². The minimum absolute atomic E-state index is 0.00298. The Morgan fingerprint density at radius 3 is 2.00 bits per heavy atom. The molecular weight excluding hydrogens is 554 g/mol. The first-order chi connectivity index (χ1) is 15.3. The average Bonchev–Trinajstić information content (AvgIpc) is 2.62. The molecule has 0 aromatic heterocycles. The van der Waals surface area contributed by atoms with Crippen molar-refractivity contribution in [3.63, 3.8) is 0 Å². The predicted molar refractivity (Wildman–Crippen MR) is 131 cm³/mol. The molecule has 1 aromatic rings. The van der Waals surface area contributed by atoms with E-state index >= 15 is 0 Å². The van der Waals surface area contributed by atoms with Crippen LogP contribution in [0, 0.1) is 10.8 Å². The lowest BCUT2D eigenvalue weighted by Crippen LogP contribution is -2.42. The van der Waals surface area contributed by atoms with Crippen LogP contribution in [-0.2, 0) is 14.4 Å². The number of halogens is 2. The molecule has 6 nitrogen and oxygen atoms in total. The fourth-order valence-corrected chi connectivity index (χ4v) is 6.65. The van der Waals surface area contributed by atoms with Crippen molar-refractivity contribution in [2.75, 3.05) is 6.61 Å². The fraction of sp³-hybridized carbons (Fsp3) is 0.480. The third-order valence-corrected chi connectivity index (χ3v) is 7.45. The molecule has 1 aliphatic heterocycles. The Morgan fingerprint density at radius 1 is 1.00 bits per heavy atom. The van der Waals surface area contributed by atoms with Crippen LogP contribution >= 0.6 is 31.9 Å². The van der Waals surface area contributed by atoms with E-state index in [1.165, 1.54) is 0 Å². The number of rotatable bonds is 4. The van der Waals surface area contributed by atoms with Gasteiger partial charge in [-0.1, -0.05) is 43.6 Å². The summed E-state index contributed by atoms with van der Waals surface area (Å²) >= 11 is 7.01. The highest BCUT2D eigenvalue weighted by atomic mass is 79.9. The van der Waals surface area contributed by atoms with Crippen molar-refractivity contribution < 1.29 is 24.2 Å². The molecule has 2 N–H and O–H groups in total. The van der Waals surface area contributed by atoms with E-state index in [2.05, 4.69) is 64.9 Å². The van der Waals surface area contributed by atoms with Gasteiger partial charge in [0.2, 0.25) is 0 Å². The maximum atomic E-state index is 13.5. The van der Waals surface area contributed by atoms with Gasteiger partial charge in [0, 0.05) is 51.3 Å². The summed E-state index contributed by atoms with van der Waals surface area (Å²) in [5, 5.41) is 12.7. The number of hydrogen-bond donors (Lipinski definition) is 2. The van der Waals surface area contributed by atoms with E-state index in [0.717, 1.165) is 15.9 Å². The highest BCUT2D eigenvalue weighted by molar-refractivity contribution is 9.11. The van der Waals surface area contributed by atoms with Gasteiger partial charge in [-0.15, -0.1) is 0 Å². The molecule has 0 bridgehead atoms. The summed E-state index contributed by atoms with van der Waals surface area (Å²) in [4.78, 5) is 38.2. The highest BCUT2D eigenvalue weighted by Crippen LogP contribution is 2.53. The second-order valence-corrected chi connectivity index (χ2v) is 12.5. The lowest BCUT2D eigenvalue weighted by Gasteiger charge is -2.44. The number of carbonyl (C=O) groups excluding carboxylic acids is 2. The number of carboxylic acids is 1. The van der Waals surface area contributed by atoms with Gasteiger partial charge in [0.25, 0.3) is 0 Å². The third kappa shape index (κ3) is 4.69. The van der Waals surface area contributed by atoms with Crippen LogP contribution in [0.4, 0.5) is 0 Å². The zero-order chi connectivity index (χ0) is 24.3. The zero-order valence-electron chi connectivity index (χ0n) is 19.1. The van der Waals surface area contributed by atoms with Crippen LogP contribution in [0.1, 0.15) is 64.9 Å². The summed E-state index contributed by atoms with van der Waals surface area (Å²) < 4.78 is 6.99. The Hall–Kier alpha value is -1.93. The molecule has 0 saturated carbocycles. The van der Waals surface area contributed by atoms with Gasteiger partial charge >= 0.3 is 5.97 Å². The second-order valence-electron chi connectivity index (χ2n) is 10.7. The van der Waals surface area contributed by atoms with Crippen LogP contribution in [0.5, 0.6) is 5.75 Å². The number of allylic oxidation sites excluding steroid dienone is 4. The molecule has 8 heteroatoms. The SMILES string of the molecule is CC1(C)CC(=O)C2=C(C1)NC1=C(C(=O)CC(C)(C)C1)C2c1cc(Br)cc(Br)c1OCC(=O)O. The van der Waals surface area contributed by atoms with Gasteiger partial charge in [-0.05, 0) is 51.7 Å². The number of aliphatic carboxylic acids is 1. The van der Waals surface area contributed by atoms with Gasteiger partial charge in [-0.2, -0.15) is 0 Å². The molecule has 0 amide bonds. The van der Waals surface area contributed by atoms with Crippen molar-refractivity contribution >= 4 is 49.4 Å². The maximum Gasteiger partial charge on any atom is 0.341 e. The number of carboxylic acid groups (broad SMARTS) is 1. The van der Waals surface area contributed by atoms with Crippen molar-refractivity contribution in [3.8, 4) is 5.75 Å². The largest absolute Gasteiger partial charge is 0.480 e. The van der Waals surface area contributed by atoms with E-state index < -0.39 is 18.5 Å². The van der Waals surface area contributed by atoms with Crippen LogP contribution in [-0.4, -0.2) is 29.2 Å². The molecule has 0 spiro atoms. The van der Waals surface area contributed by atoms with E-state index in [0.29, 0.717) is 52.6 Å². The lowest BCUT2D eigenvalue weighted by molar-refractivity contribution is -0.139. The summed E-state index contributed by atoms with van der Waals surface area (Å²) in [6.07, 6.45) is 2.15. The van der Waals surface area contributed by atoms with E-state index in [4.69, 9.17) is 4.74 Å². The van der Waals surface area contributed by atoms with Gasteiger partial charge in [-0.25, -0.2) is 4.79 Å². The van der Waals surface area contributed by atoms with Crippen molar-refractivity contribution in [2.24, 2.45) is 10.8 Å². The molecule has 0 unspecified atom stereocenters. The minimum Gasteiger partial charge on any atom is -0.480 e. The molecule has 3 aliphatic rings. The molecule has 1 heterocycles. The molecule has 2 aliphatic carbocycles. The molecule has 176 valence electrons. The fourth-order valence-electron chi connectivity index (χ4n) is 5.28. The minimum atomic E-state index is -1.10. The number of ether oxygens (including phenoxy) is 1. The number of Topliss-reactive ketones (excluding diaryl/α,β-unsaturated/α-hetero) is 2. The Bertz CT molecular complexity index is 1090. The number of dihydropyridines is 1. The first kappa shape index (κ1) is 24.2. The maximum absolute atomic E-state index is 13.5. The number of carbonyl (C=O) groups is 3. The normalized spacial score (nSPS) is 22.0. The standard InChI is InChI=1S/C25H27Br2NO5/c1-24(2)7-15-21(17(29)9-24)20(22-16(28-15)8-25(3,4)10-18(22)30)13-5-12(26)6-14(27)23(13)33-11-19(31)32/h5-6,20,28H,7-11H2,1-4H3,(H,31,32). The summed E-state index contributed by atoms with van der Waals surface area (Å²) in [7, 11) is 0. The summed E-state index contributed by atoms with van der Waals surface area (Å²) in [5.41, 5.74) is 3.11. The quantitative estimate of drug-likeness (QED) is 0.478. The molecule has 33 heavy (non-hydrogen) atoms. The van der Waals surface area contributed by atoms with Crippen LogP contribution < -0.4 is 10.1 Å². The summed E-state index contributed by atoms with van der Waals surface area (Å²) in [5.74, 6) is -1.37. The highest BCUT2D eigenvalue weighted by Gasteiger charge is 2.47. The second kappa shape index (κ2) is 8.38. The van der Waals surface area contributed by atoms with Gasteiger partial charge in [0.1, 0.15) is 5.75 Å². The number of hydrogen-bond acceptors (Lipinski definition) is 5. The number of benzene rings is 1. The molecule has 0 atom stereocenters. The van der Waals surface area contributed by atoms with E-state index in [-0.39, 0.29) is 22.4 Å². The predicted octanol–water partition coefficient (Wildman–Crippen LogP) is 5.65. The first-order valence-corrected chi connectivity index (χ1v) is 12.5. The van der Waals surface area contributed by atoms with Crippen LogP contribution in [0.25, 0.3) is 0 Å². The molecular formula is C25H27Br2NO5. The van der Waals surface area contributed by atoms with Gasteiger partial charge in [0.15, 0.2) is 18.2 Å². The van der Waals surface area contributed by atoms with Gasteiger partial charge in [-0.3, -0.25) is 9.59 Å². The van der Waals surface area contributed by atoms with E-state index in [9.17, 15) is 19.5 Å². The number of nitrogens with one attached hydrogen (secondary N) is 1. The molecule has 4 rings (SSSR count). The smallest absolute Gasteiger partial charge is 0.341 e. The van der Waals surface area contributed by atoms with Crippen LogP contribution in [0.2, 0.25) is 0 Å². The van der Waals surface area contributed by atoms with Gasteiger partial charge in [0.05, 0.1) is 4.47 Å². The topological polar surface area (TPSA) is 92.7 Å². The van der Waals surface area contributed by atoms with Crippen molar-refractivity contribution in [3.05, 3.63) is 49.2 Å². The summed E-state index contributed by atoms with van der Waals surface area (Å²) in [6.45, 7) is 7.76. The van der Waals surface area contributed by atoms with Crippen LogP contribution in [0.15, 0.2) is 43.6 Å². The summed E-state index contributed by atoms with van der Waals surface area (Å²) in [6, 6.07) is 3.59. The van der Waals surface area contributed by atoms with E-state index in [1.54, 1.807) is 6.07 Å². The Labute approximate surface area is 210 Å². The monoisotopic (exact) mass is 579 g/mol. The third-order valence-electron chi connectivity index (χ3n) is 6.41. The molecule has 0 radical (unpaired) electrons. The molecule has 0 saturated heterocycles. The van der Waals surface area contributed by atoms with Gasteiger partial charge < -0.3 is 15.2 Å². The Kier molecular flexibility index (Phi) is 6.15. The Balaban J connectivity index is 1.97. The number of ketones is 2. The Morgan fingerprint density at radius 2 is 1.52 bits per heavy atom. The van der Waals surface area contributed by atoms with Crippen molar-refractivity contribution in [2.45, 2.75) is 59.3 Å². The molecule has 0 fully saturated rings. The first-order valence-electron chi connectivity index (χ1n) is 10.9. The van der Waals surface area contributed by atoms with Crippen LogP contribution in [0.3, 0.4) is 0 Å². The van der Waals surface area contributed by atoms with Crippen molar-refractivity contribution in [1.82, 2.24) is 5.32 Å². The zero-order valence-corrected chi connectivity index (χ0v) is 22.3. The lowest BCUT2D eigenvalue weighted by atomic mass is 9.64. The molecule has 1 aromatic carbocycles. The average molecular weight is 581 g/mol.